The van der Waals surface area contributed by atoms with Crippen LogP contribution in [0.3, 0.4) is 0 Å². The topological polar surface area (TPSA) is 110 Å². The van der Waals surface area contributed by atoms with E-state index in [4.69, 9.17) is 0 Å². The SMILES string of the molecule is Cc1c(-c2ccc(CC(NC(=O)c3c(F)cccc3C(F)(F)F)C(=O)O)cc2)c(=O)n(C)c(=O)n1C. The molecule has 190 valence electrons. The number of alkyl halides is 3. The summed E-state index contributed by atoms with van der Waals surface area (Å²) in [5.41, 5.74) is -2.36. The molecular formula is C24H21F4N3O5. The quantitative estimate of drug-likeness (QED) is 0.499. The highest BCUT2D eigenvalue weighted by Gasteiger charge is 2.37. The Kier molecular flexibility index (Phi) is 7.18. The van der Waals surface area contributed by atoms with E-state index >= 15 is 0 Å². The van der Waals surface area contributed by atoms with E-state index in [1.807, 2.05) is 5.32 Å². The first-order chi connectivity index (χ1) is 16.7. The molecule has 1 aromatic heterocycles. The van der Waals surface area contributed by atoms with Crippen LogP contribution in [0.4, 0.5) is 17.6 Å². The van der Waals surface area contributed by atoms with E-state index in [9.17, 15) is 41.8 Å². The highest BCUT2D eigenvalue weighted by molar-refractivity contribution is 5.98. The van der Waals surface area contributed by atoms with E-state index in [2.05, 4.69) is 0 Å². The number of benzene rings is 2. The van der Waals surface area contributed by atoms with Gasteiger partial charge in [-0.1, -0.05) is 30.3 Å². The van der Waals surface area contributed by atoms with Crippen molar-refractivity contribution in [3.63, 3.8) is 0 Å². The van der Waals surface area contributed by atoms with Gasteiger partial charge in [-0.2, -0.15) is 13.2 Å². The summed E-state index contributed by atoms with van der Waals surface area (Å²) in [5.74, 6) is -4.50. The Morgan fingerprint density at radius 2 is 1.64 bits per heavy atom. The maximum Gasteiger partial charge on any atom is 0.417 e. The molecule has 0 spiro atoms. The molecule has 12 heteroatoms. The highest BCUT2D eigenvalue weighted by atomic mass is 19.4. The van der Waals surface area contributed by atoms with Gasteiger partial charge < -0.3 is 15.0 Å². The van der Waals surface area contributed by atoms with Crippen LogP contribution in [0.1, 0.15) is 27.2 Å². The van der Waals surface area contributed by atoms with Gasteiger partial charge in [0.05, 0.1) is 16.7 Å². The van der Waals surface area contributed by atoms with Gasteiger partial charge >= 0.3 is 17.8 Å². The second-order valence-electron chi connectivity index (χ2n) is 8.09. The number of carboxylic acid groups (broad SMARTS) is 1. The number of carbonyl (C=O) groups excluding carboxylic acids is 1. The first-order valence-electron chi connectivity index (χ1n) is 10.5. The average molecular weight is 507 g/mol. The van der Waals surface area contributed by atoms with Crippen molar-refractivity contribution < 1.29 is 32.3 Å². The maximum atomic E-state index is 14.1. The molecule has 0 fully saturated rings. The zero-order valence-corrected chi connectivity index (χ0v) is 19.3. The van der Waals surface area contributed by atoms with E-state index in [0.717, 1.165) is 10.6 Å². The fraction of sp³-hybridized carbons (Fsp3) is 0.250. The predicted octanol–water partition coefficient (Wildman–Crippen LogP) is 2.64. The van der Waals surface area contributed by atoms with Crippen LogP contribution < -0.4 is 16.6 Å². The Bertz CT molecular complexity index is 1460. The van der Waals surface area contributed by atoms with Crippen LogP contribution in [0.25, 0.3) is 11.1 Å². The minimum atomic E-state index is -5.03. The fourth-order valence-corrected chi connectivity index (χ4v) is 3.74. The summed E-state index contributed by atoms with van der Waals surface area (Å²) in [6, 6.07) is 6.31. The lowest BCUT2D eigenvalue weighted by molar-refractivity contribution is -0.139. The van der Waals surface area contributed by atoms with Gasteiger partial charge in [-0.15, -0.1) is 0 Å². The van der Waals surface area contributed by atoms with E-state index in [0.29, 0.717) is 29.0 Å². The molecule has 8 nitrogen and oxygen atoms in total. The minimum absolute atomic E-state index is 0.258. The van der Waals surface area contributed by atoms with Crippen LogP contribution in [0, 0.1) is 12.7 Å². The molecule has 36 heavy (non-hydrogen) atoms. The largest absolute Gasteiger partial charge is 0.480 e. The van der Waals surface area contributed by atoms with Crippen molar-refractivity contribution in [3.05, 3.63) is 91.5 Å². The van der Waals surface area contributed by atoms with Crippen LogP contribution in [0.2, 0.25) is 0 Å². The molecule has 1 atom stereocenters. The molecular weight excluding hydrogens is 486 g/mol. The summed E-state index contributed by atoms with van der Waals surface area (Å²) in [5, 5.41) is 11.5. The maximum absolute atomic E-state index is 14.1. The molecule has 0 aliphatic heterocycles. The molecule has 0 radical (unpaired) electrons. The van der Waals surface area contributed by atoms with Crippen molar-refractivity contribution in [2.75, 3.05) is 0 Å². The van der Waals surface area contributed by atoms with Crippen LogP contribution in [0.5, 0.6) is 0 Å². The van der Waals surface area contributed by atoms with Gasteiger partial charge in [0.25, 0.3) is 11.5 Å². The van der Waals surface area contributed by atoms with Crippen LogP contribution in [-0.4, -0.2) is 32.2 Å². The monoisotopic (exact) mass is 507 g/mol. The first kappa shape index (κ1) is 26.4. The number of hydrogen-bond acceptors (Lipinski definition) is 4. The lowest BCUT2D eigenvalue weighted by Gasteiger charge is -2.18. The van der Waals surface area contributed by atoms with E-state index in [1.54, 1.807) is 6.92 Å². The van der Waals surface area contributed by atoms with E-state index < -0.39 is 52.3 Å². The minimum Gasteiger partial charge on any atom is -0.480 e. The third-order valence-corrected chi connectivity index (χ3v) is 5.79. The number of aromatic nitrogens is 2. The number of carbonyl (C=O) groups is 2. The molecule has 2 aromatic carbocycles. The molecule has 0 saturated heterocycles. The molecule has 0 aliphatic rings. The van der Waals surface area contributed by atoms with Gasteiger partial charge in [-0.3, -0.25) is 14.2 Å². The highest BCUT2D eigenvalue weighted by Crippen LogP contribution is 2.33. The third kappa shape index (κ3) is 5.07. The molecule has 1 heterocycles. The van der Waals surface area contributed by atoms with Crippen molar-refractivity contribution in [2.45, 2.75) is 25.6 Å². The van der Waals surface area contributed by atoms with Crippen LogP contribution in [0.15, 0.2) is 52.1 Å². The van der Waals surface area contributed by atoms with Crippen LogP contribution >= 0.6 is 0 Å². The molecule has 0 aliphatic carbocycles. The van der Waals surface area contributed by atoms with Gasteiger partial charge in [0, 0.05) is 26.2 Å². The van der Waals surface area contributed by atoms with Crippen molar-refractivity contribution in [3.8, 4) is 11.1 Å². The van der Waals surface area contributed by atoms with Gasteiger partial charge in [0.15, 0.2) is 0 Å². The van der Waals surface area contributed by atoms with Gasteiger partial charge in [-0.05, 0) is 30.2 Å². The van der Waals surface area contributed by atoms with Crippen molar-refractivity contribution in [2.24, 2.45) is 14.1 Å². The van der Waals surface area contributed by atoms with E-state index in [1.165, 1.54) is 42.9 Å². The molecule has 3 rings (SSSR count). The number of rotatable bonds is 6. The fourth-order valence-electron chi connectivity index (χ4n) is 3.74. The number of nitrogens with one attached hydrogen (secondary N) is 1. The number of halogens is 4. The average Bonchev–Trinajstić information content (AvgIpc) is 2.81. The van der Waals surface area contributed by atoms with Crippen molar-refractivity contribution >= 4 is 11.9 Å². The van der Waals surface area contributed by atoms with Gasteiger partial charge in [-0.25, -0.2) is 14.0 Å². The van der Waals surface area contributed by atoms with Gasteiger partial charge in [0.2, 0.25) is 0 Å². The normalized spacial score (nSPS) is 12.3. The first-order valence-corrected chi connectivity index (χ1v) is 10.5. The van der Waals surface area contributed by atoms with Gasteiger partial charge in [0.1, 0.15) is 11.9 Å². The van der Waals surface area contributed by atoms with Crippen molar-refractivity contribution in [1.82, 2.24) is 14.5 Å². The second-order valence-corrected chi connectivity index (χ2v) is 8.09. The Balaban J connectivity index is 1.89. The lowest BCUT2D eigenvalue weighted by atomic mass is 9.99. The number of carboxylic acids is 1. The summed E-state index contributed by atoms with van der Waals surface area (Å²) in [6.45, 7) is 1.60. The summed E-state index contributed by atoms with van der Waals surface area (Å²) in [6.07, 6.45) is -5.36. The molecule has 2 N–H and O–H groups in total. The summed E-state index contributed by atoms with van der Waals surface area (Å²) >= 11 is 0. The van der Waals surface area contributed by atoms with Crippen molar-refractivity contribution in [1.29, 1.82) is 0 Å². The Morgan fingerprint density at radius 3 is 2.19 bits per heavy atom. The molecule has 1 unspecified atom stereocenters. The lowest BCUT2D eigenvalue weighted by Crippen LogP contribution is -2.43. The number of amides is 1. The Labute approximate surface area is 201 Å². The van der Waals surface area contributed by atoms with E-state index in [-0.39, 0.29) is 12.0 Å². The number of aliphatic carboxylic acids is 1. The smallest absolute Gasteiger partial charge is 0.417 e. The molecule has 0 saturated carbocycles. The zero-order valence-electron chi connectivity index (χ0n) is 19.3. The molecule has 1 amide bonds. The second kappa shape index (κ2) is 9.80. The third-order valence-electron chi connectivity index (χ3n) is 5.79. The Hall–Kier alpha value is -4.22. The standard InChI is InChI=1S/C24H21F4N3O5/c1-12-18(21(33)31(3)23(36)30(12)2)14-9-7-13(8-10-14)11-17(22(34)35)29-20(32)19-15(24(26,27)28)5-4-6-16(19)25/h4-10,17H,11H2,1-3H3,(H,29,32)(H,34,35). The summed E-state index contributed by atoms with van der Waals surface area (Å²) in [4.78, 5) is 48.9. The zero-order chi connectivity index (χ0) is 26.9. The molecule has 0 bridgehead atoms. The number of hydrogen-bond donors (Lipinski definition) is 2. The number of nitrogens with zero attached hydrogens (tertiary/aromatic N) is 2. The Morgan fingerprint density at radius 1 is 1.03 bits per heavy atom. The van der Waals surface area contributed by atoms with Crippen LogP contribution in [-0.2, 0) is 31.5 Å². The summed E-state index contributed by atoms with van der Waals surface area (Å²) < 4.78 is 56.1. The molecule has 3 aromatic rings. The summed E-state index contributed by atoms with van der Waals surface area (Å²) in [7, 11) is 2.84. The predicted molar refractivity (Wildman–Crippen MR) is 121 cm³/mol.